The number of pyridine rings is 2. The first-order valence-electron chi connectivity index (χ1n) is 26.1. The average molecular weight is 1360 g/mol. The summed E-state index contributed by atoms with van der Waals surface area (Å²) in [5, 5.41) is 44.4. The smallest absolute Gasteiger partial charge is 0.304 e. The van der Waals surface area contributed by atoms with Gasteiger partial charge in [-0.05, 0) is 165 Å². The maximum absolute atomic E-state index is 12.0. The molecular weight excluding hydrogens is 1310 g/mol. The molecule has 0 radical (unpaired) electrons. The molecule has 0 aliphatic heterocycles. The number of aromatic nitrogens is 2. The first-order chi connectivity index (χ1) is 39.6. The van der Waals surface area contributed by atoms with Crippen molar-refractivity contribution in [1.29, 1.82) is 10.7 Å². The van der Waals surface area contributed by atoms with Gasteiger partial charge in [-0.15, -0.1) is 0 Å². The summed E-state index contributed by atoms with van der Waals surface area (Å²) in [7, 11) is 0. The number of carboxylic acids is 2. The molecule has 18 heteroatoms. The van der Waals surface area contributed by atoms with Gasteiger partial charge >= 0.3 is 11.9 Å². The highest BCUT2D eigenvalue weighted by Crippen LogP contribution is 2.38. The highest BCUT2D eigenvalue weighted by Gasteiger charge is 2.21. The molecule has 0 saturated heterocycles. The number of hydrogen-bond donors (Lipinski definition) is 5. The fraction of sp³-hybridized carbons (Fsp3) is 0.219. The summed E-state index contributed by atoms with van der Waals surface area (Å²) >= 11 is 18.5. The standard InChI is InChI=1S/C64H58Cl2I2N6O8/c1-39-47(37-81-61-25-59(79-35-45-17-43(27-69)29-71-31-45)49(21-57(61)65)33-73-53(23-63(75)76)19-41-9-13-51(67)14-10-41)5-3-7-55(39)56-8-4-6-48(40(56)2)38-82-62-26-60(80-36-46-18-44(28-70)30-72-32-46)50(22-58(62)66)34-74-54(24-64(77)78)20-42-11-15-52(68)16-12-42/h3-18,21-22,25-27,29-32,53-54,69,73-74H,19-20,23-24,33-38H2,1-2H3,(H,75,76)(H,77,78)/t53-,54-/m0/s1. The number of nitriles is 1. The normalized spacial score (nSPS) is 11.8. The first-order valence-corrected chi connectivity index (χ1v) is 29.0. The number of benzene rings is 6. The van der Waals surface area contributed by atoms with Crippen LogP contribution >= 0.6 is 68.4 Å². The molecule has 8 rings (SSSR count). The summed E-state index contributed by atoms with van der Waals surface area (Å²) in [5.74, 6) is -0.0946. The van der Waals surface area contributed by atoms with Gasteiger partial charge in [0.05, 0.1) is 28.5 Å². The van der Waals surface area contributed by atoms with E-state index >= 15 is 0 Å². The molecule has 5 N–H and O–H groups in total. The molecule has 8 aromatic rings. The van der Waals surface area contributed by atoms with Crippen molar-refractivity contribution >= 4 is 86.5 Å². The second kappa shape index (κ2) is 29.7. The van der Waals surface area contributed by atoms with Gasteiger partial charge < -0.3 is 45.2 Å². The van der Waals surface area contributed by atoms with E-state index < -0.39 is 18.0 Å². The monoisotopic (exact) mass is 1360 g/mol. The molecule has 2 heterocycles. The van der Waals surface area contributed by atoms with Gasteiger partial charge in [0, 0.05) is 103 Å². The van der Waals surface area contributed by atoms with E-state index in [1.165, 1.54) is 12.4 Å². The van der Waals surface area contributed by atoms with Gasteiger partial charge in [0.2, 0.25) is 0 Å². The number of ether oxygens (including phenoxy) is 4. The minimum atomic E-state index is -0.920. The quantitative estimate of drug-likeness (QED) is 0.0229. The molecule has 420 valence electrons. The Morgan fingerprint density at radius 2 is 1.02 bits per heavy atom. The largest absolute Gasteiger partial charge is 0.488 e. The summed E-state index contributed by atoms with van der Waals surface area (Å²) in [4.78, 5) is 32.4. The van der Waals surface area contributed by atoms with Gasteiger partial charge in [-0.2, -0.15) is 5.26 Å². The summed E-state index contributed by atoms with van der Waals surface area (Å²) in [6, 6.07) is 40.1. The highest BCUT2D eigenvalue weighted by atomic mass is 127. The Balaban J connectivity index is 0.995. The van der Waals surface area contributed by atoms with Crippen molar-refractivity contribution in [1.82, 2.24) is 20.6 Å². The van der Waals surface area contributed by atoms with Crippen LogP contribution in [0.2, 0.25) is 10.0 Å². The number of nitrogens with one attached hydrogen (secondary N) is 3. The Bertz CT molecular complexity index is 3600. The Labute approximate surface area is 514 Å². The van der Waals surface area contributed by atoms with Gasteiger partial charge in [-0.1, -0.05) is 83.9 Å². The van der Waals surface area contributed by atoms with E-state index in [0.29, 0.717) is 73.7 Å². The zero-order valence-electron chi connectivity index (χ0n) is 44.9. The number of carbonyl (C=O) groups is 2. The van der Waals surface area contributed by atoms with Crippen LogP contribution in [-0.2, 0) is 61.9 Å². The van der Waals surface area contributed by atoms with Crippen LogP contribution in [0.25, 0.3) is 11.1 Å². The van der Waals surface area contributed by atoms with Crippen LogP contribution in [0.5, 0.6) is 23.0 Å². The van der Waals surface area contributed by atoms with Gasteiger partial charge in [-0.25, -0.2) is 0 Å². The maximum Gasteiger partial charge on any atom is 0.304 e. The van der Waals surface area contributed by atoms with Crippen LogP contribution in [-0.4, -0.2) is 50.4 Å². The van der Waals surface area contributed by atoms with E-state index in [4.69, 9.17) is 47.6 Å². The van der Waals surface area contributed by atoms with Gasteiger partial charge in [-0.3, -0.25) is 19.6 Å². The van der Waals surface area contributed by atoms with Crippen molar-refractivity contribution in [3.8, 4) is 40.2 Å². The van der Waals surface area contributed by atoms with E-state index in [2.05, 4.69) is 97.8 Å². The van der Waals surface area contributed by atoms with Gasteiger partial charge in [0.25, 0.3) is 0 Å². The molecule has 0 unspecified atom stereocenters. The van der Waals surface area contributed by atoms with E-state index in [9.17, 15) is 25.1 Å². The molecule has 2 atom stereocenters. The molecule has 82 heavy (non-hydrogen) atoms. The third kappa shape index (κ3) is 17.5. The van der Waals surface area contributed by atoms with Crippen LogP contribution in [0.4, 0.5) is 0 Å². The van der Waals surface area contributed by atoms with Crippen molar-refractivity contribution in [2.45, 2.75) is 91.1 Å². The number of carboxylic acid groups (broad SMARTS) is 2. The van der Waals surface area contributed by atoms with Crippen molar-refractivity contribution < 1.29 is 38.7 Å². The lowest BCUT2D eigenvalue weighted by molar-refractivity contribution is -0.138. The molecule has 0 saturated carbocycles. The maximum atomic E-state index is 12.0. The third-order valence-electron chi connectivity index (χ3n) is 13.7. The lowest BCUT2D eigenvalue weighted by Crippen LogP contribution is -2.33. The molecule has 2 aromatic heterocycles. The first kappa shape index (κ1) is 61.0. The molecule has 0 bridgehead atoms. The summed E-state index contributed by atoms with van der Waals surface area (Å²) in [6.07, 6.45) is 8.43. The van der Waals surface area contributed by atoms with Crippen LogP contribution in [0, 0.1) is 37.7 Å². The van der Waals surface area contributed by atoms with E-state index in [-0.39, 0.29) is 58.4 Å². The minimum absolute atomic E-state index is 0.0906. The summed E-state index contributed by atoms with van der Waals surface area (Å²) < 4.78 is 28.0. The summed E-state index contributed by atoms with van der Waals surface area (Å²) in [6.45, 7) is 5.22. The third-order valence-corrected chi connectivity index (χ3v) is 15.7. The molecule has 0 spiro atoms. The number of hydrogen-bond acceptors (Lipinski definition) is 12. The van der Waals surface area contributed by atoms with Gasteiger partial charge in [0.15, 0.2) is 0 Å². The average Bonchev–Trinajstić information content (AvgIpc) is 3.49. The predicted molar refractivity (Wildman–Crippen MR) is 334 cm³/mol. The fourth-order valence-electron chi connectivity index (χ4n) is 9.28. The number of halogens is 4. The van der Waals surface area contributed by atoms with Crippen molar-refractivity contribution in [3.05, 3.63) is 230 Å². The number of nitrogens with zero attached hydrogens (tertiary/aromatic N) is 3. The number of aliphatic carboxylic acids is 2. The van der Waals surface area contributed by atoms with E-state index in [1.807, 2.05) is 78.9 Å². The second-order valence-electron chi connectivity index (χ2n) is 19.6. The van der Waals surface area contributed by atoms with E-state index in [1.54, 1.807) is 48.9 Å². The molecule has 0 aliphatic carbocycles. The van der Waals surface area contributed by atoms with Gasteiger partial charge in [0.1, 0.15) is 55.5 Å². The number of rotatable bonds is 28. The lowest BCUT2D eigenvalue weighted by Gasteiger charge is -2.21. The topological polar surface area (TPSA) is 209 Å². The molecule has 14 nitrogen and oxygen atoms in total. The zero-order chi connectivity index (χ0) is 58.1. The summed E-state index contributed by atoms with van der Waals surface area (Å²) in [5.41, 5.74) is 11.8. The van der Waals surface area contributed by atoms with Crippen molar-refractivity contribution in [2.75, 3.05) is 0 Å². The lowest BCUT2D eigenvalue weighted by atomic mass is 9.92. The molecule has 0 amide bonds. The fourth-order valence-corrected chi connectivity index (χ4v) is 10.5. The van der Waals surface area contributed by atoms with Crippen LogP contribution in [0.15, 0.2) is 146 Å². The zero-order valence-corrected chi connectivity index (χ0v) is 50.7. The molecule has 0 fully saturated rings. The van der Waals surface area contributed by atoms with Crippen LogP contribution < -0.4 is 29.6 Å². The Kier molecular flexibility index (Phi) is 22.1. The molecule has 6 aromatic carbocycles. The second-order valence-corrected chi connectivity index (χ2v) is 22.9. The van der Waals surface area contributed by atoms with Crippen molar-refractivity contribution in [2.24, 2.45) is 0 Å². The minimum Gasteiger partial charge on any atom is -0.488 e. The van der Waals surface area contributed by atoms with E-state index in [0.717, 1.165) is 57.2 Å². The molecule has 0 aliphatic rings. The Morgan fingerprint density at radius 1 is 0.585 bits per heavy atom. The van der Waals surface area contributed by atoms with Crippen LogP contribution in [0.1, 0.15) is 79.6 Å². The Morgan fingerprint density at radius 3 is 1.46 bits per heavy atom. The Hall–Kier alpha value is -7.12. The molecular formula is C64H58Cl2I2N6O8. The van der Waals surface area contributed by atoms with Crippen LogP contribution in [0.3, 0.4) is 0 Å². The van der Waals surface area contributed by atoms with Crippen molar-refractivity contribution in [3.63, 3.8) is 0 Å². The highest BCUT2D eigenvalue weighted by molar-refractivity contribution is 14.1. The SMILES string of the molecule is Cc1c(COc2cc(OCc3cncc(C#N)c3)c(CN[C@H](CC(=O)O)Cc3ccc(I)cc3)cc2Cl)cccc1-c1cccc(COc2cc(OCc3cncc(C=N)c3)c(CN[C@H](CC(=O)O)Cc3ccc(I)cc3)cc2Cl)c1C. The predicted octanol–water partition coefficient (Wildman–Crippen LogP) is 13.8.